The largest absolute Gasteiger partial charge is 0.379 e. The first kappa shape index (κ1) is 14.1. The summed E-state index contributed by atoms with van der Waals surface area (Å²) >= 11 is 3.50. The van der Waals surface area contributed by atoms with E-state index in [9.17, 15) is 0 Å². The number of hydrogen-bond donors (Lipinski definition) is 1. The third-order valence-corrected chi connectivity index (χ3v) is 4.16. The van der Waals surface area contributed by atoms with Gasteiger partial charge in [-0.2, -0.15) is 5.10 Å². The lowest BCUT2D eigenvalue weighted by Crippen LogP contribution is -2.05. The van der Waals surface area contributed by atoms with Gasteiger partial charge in [0.15, 0.2) is 0 Å². The minimum atomic E-state index is 0.783. The second-order valence-corrected chi connectivity index (χ2v) is 6.08. The molecule has 108 valence electrons. The van der Waals surface area contributed by atoms with E-state index in [2.05, 4.69) is 75.7 Å². The Bertz CT molecular complexity index is 777. The number of benzene rings is 2. The Kier molecular flexibility index (Phi) is 3.97. The molecule has 0 aliphatic rings. The van der Waals surface area contributed by atoms with Crippen LogP contribution in [0.2, 0.25) is 0 Å². The standard InChI is InChI=1S/C17H18BrN3/c1-3-15-10-17(21(2)20-15)11-19-16-7-5-12-8-14(18)6-4-13(12)9-16/h4-10,19H,3,11H2,1-2H3. The lowest BCUT2D eigenvalue weighted by molar-refractivity contribution is 0.707. The molecule has 0 atom stereocenters. The molecule has 4 heteroatoms. The summed E-state index contributed by atoms with van der Waals surface area (Å²) in [5.74, 6) is 0. The van der Waals surface area contributed by atoms with Gasteiger partial charge in [-0.15, -0.1) is 0 Å². The van der Waals surface area contributed by atoms with Crippen molar-refractivity contribution in [1.82, 2.24) is 9.78 Å². The van der Waals surface area contributed by atoms with Crippen LogP contribution < -0.4 is 5.32 Å². The van der Waals surface area contributed by atoms with E-state index in [-0.39, 0.29) is 0 Å². The highest BCUT2D eigenvalue weighted by atomic mass is 79.9. The van der Waals surface area contributed by atoms with Gasteiger partial charge in [-0.05, 0) is 47.5 Å². The molecule has 0 amide bonds. The van der Waals surface area contributed by atoms with Gasteiger partial charge in [0, 0.05) is 17.2 Å². The summed E-state index contributed by atoms with van der Waals surface area (Å²) in [6, 6.07) is 14.9. The van der Waals surface area contributed by atoms with E-state index in [0.29, 0.717) is 0 Å². The van der Waals surface area contributed by atoms with Gasteiger partial charge in [0.2, 0.25) is 0 Å². The Labute approximate surface area is 133 Å². The number of hydrogen-bond acceptors (Lipinski definition) is 2. The van der Waals surface area contributed by atoms with Crippen molar-refractivity contribution < 1.29 is 0 Å². The maximum Gasteiger partial charge on any atom is 0.0625 e. The van der Waals surface area contributed by atoms with Gasteiger partial charge in [0.1, 0.15) is 0 Å². The van der Waals surface area contributed by atoms with Gasteiger partial charge in [0.05, 0.1) is 17.9 Å². The first-order valence-corrected chi connectivity index (χ1v) is 7.90. The van der Waals surface area contributed by atoms with Crippen molar-refractivity contribution in [3.63, 3.8) is 0 Å². The van der Waals surface area contributed by atoms with Crippen LogP contribution in [-0.4, -0.2) is 9.78 Å². The van der Waals surface area contributed by atoms with Crippen LogP contribution in [0, 0.1) is 0 Å². The second kappa shape index (κ2) is 5.90. The van der Waals surface area contributed by atoms with Gasteiger partial charge in [0.25, 0.3) is 0 Å². The number of aryl methyl sites for hydroxylation is 2. The Morgan fingerprint density at radius 1 is 1.10 bits per heavy atom. The van der Waals surface area contributed by atoms with E-state index in [1.165, 1.54) is 16.5 Å². The predicted molar refractivity (Wildman–Crippen MR) is 91.6 cm³/mol. The molecule has 0 spiro atoms. The van der Waals surface area contributed by atoms with Crippen molar-refractivity contribution in [3.05, 3.63) is 58.3 Å². The summed E-state index contributed by atoms with van der Waals surface area (Å²) < 4.78 is 3.06. The Hall–Kier alpha value is -1.81. The summed E-state index contributed by atoms with van der Waals surface area (Å²) in [6.45, 7) is 2.91. The summed E-state index contributed by atoms with van der Waals surface area (Å²) in [6.07, 6.45) is 0.971. The number of nitrogens with zero attached hydrogens (tertiary/aromatic N) is 2. The summed E-state index contributed by atoms with van der Waals surface area (Å²) in [4.78, 5) is 0. The maximum absolute atomic E-state index is 4.47. The zero-order chi connectivity index (χ0) is 14.8. The third-order valence-electron chi connectivity index (χ3n) is 3.67. The normalized spacial score (nSPS) is 11.0. The number of fused-ring (bicyclic) bond motifs is 1. The van der Waals surface area contributed by atoms with E-state index in [1.807, 2.05) is 11.7 Å². The van der Waals surface area contributed by atoms with Gasteiger partial charge in [-0.3, -0.25) is 4.68 Å². The van der Waals surface area contributed by atoms with Gasteiger partial charge >= 0.3 is 0 Å². The maximum atomic E-state index is 4.47. The van der Waals surface area contributed by atoms with Crippen molar-refractivity contribution in [3.8, 4) is 0 Å². The Balaban J connectivity index is 1.78. The average Bonchev–Trinajstić information content (AvgIpc) is 2.85. The molecule has 21 heavy (non-hydrogen) atoms. The molecule has 3 rings (SSSR count). The van der Waals surface area contributed by atoms with Crippen molar-refractivity contribution >= 4 is 32.4 Å². The van der Waals surface area contributed by atoms with E-state index in [4.69, 9.17) is 0 Å². The van der Waals surface area contributed by atoms with E-state index >= 15 is 0 Å². The van der Waals surface area contributed by atoms with Crippen molar-refractivity contribution in [2.75, 3.05) is 5.32 Å². The van der Waals surface area contributed by atoms with E-state index in [1.54, 1.807) is 0 Å². The number of halogens is 1. The zero-order valence-electron chi connectivity index (χ0n) is 12.2. The van der Waals surface area contributed by atoms with Crippen LogP contribution in [0.5, 0.6) is 0 Å². The molecule has 0 bridgehead atoms. The fraction of sp³-hybridized carbons (Fsp3) is 0.235. The van der Waals surface area contributed by atoms with Crippen LogP contribution in [0.1, 0.15) is 18.3 Å². The number of rotatable bonds is 4. The summed E-state index contributed by atoms with van der Waals surface area (Å²) in [5, 5.41) is 10.4. The fourth-order valence-corrected chi connectivity index (χ4v) is 2.81. The molecule has 0 fully saturated rings. The van der Waals surface area contributed by atoms with Crippen molar-refractivity contribution in [1.29, 1.82) is 0 Å². The smallest absolute Gasteiger partial charge is 0.0625 e. The topological polar surface area (TPSA) is 29.9 Å². The molecule has 1 aromatic heterocycles. The highest BCUT2D eigenvalue weighted by Gasteiger charge is 2.04. The molecule has 0 unspecified atom stereocenters. The molecular weight excluding hydrogens is 326 g/mol. The molecular formula is C17H18BrN3. The van der Waals surface area contributed by atoms with E-state index < -0.39 is 0 Å². The minimum absolute atomic E-state index is 0.783. The van der Waals surface area contributed by atoms with Crippen LogP contribution >= 0.6 is 15.9 Å². The second-order valence-electron chi connectivity index (χ2n) is 5.16. The molecule has 0 saturated heterocycles. The summed E-state index contributed by atoms with van der Waals surface area (Å²) in [7, 11) is 1.99. The Morgan fingerprint density at radius 3 is 2.62 bits per heavy atom. The van der Waals surface area contributed by atoms with Crippen LogP contribution in [0.3, 0.4) is 0 Å². The molecule has 0 radical (unpaired) electrons. The molecule has 0 aliphatic heterocycles. The number of nitrogens with one attached hydrogen (secondary N) is 1. The molecule has 0 saturated carbocycles. The van der Waals surface area contributed by atoms with Crippen LogP contribution in [-0.2, 0) is 20.0 Å². The predicted octanol–water partition coefficient (Wildman–Crippen LogP) is 4.51. The molecule has 2 aromatic carbocycles. The lowest BCUT2D eigenvalue weighted by Gasteiger charge is -2.08. The van der Waals surface area contributed by atoms with Gasteiger partial charge < -0.3 is 5.32 Å². The third kappa shape index (κ3) is 3.10. The van der Waals surface area contributed by atoms with E-state index in [0.717, 1.165) is 28.8 Å². The highest BCUT2D eigenvalue weighted by Crippen LogP contribution is 2.23. The number of anilines is 1. The zero-order valence-corrected chi connectivity index (χ0v) is 13.8. The molecule has 3 nitrogen and oxygen atoms in total. The molecule has 0 aliphatic carbocycles. The number of aromatic nitrogens is 2. The highest BCUT2D eigenvalue weighted by molar-refractivity contribution is 9.10. The SMILES string of the molecule is CCc1cc(CNc2ccc3cc(Br)ccc3c2)n(C)n1. The Morgan fingerprint density at radius 2 is 1.86 bits per heavy atom. The lowest BCUT2D eigenvalue weighted by atomic mass is 10.1. The first-order valence-electron chi connectivity index (χ1n) is 7.10. The van der Waals surface area contributed by atoms with Gasteiger partial charge in [-0.1, -0.05) is 35.0 Å². The van der Waals surface area contributed by atoms with Crippen LogP contribution in [0.4, 0.5) is 5.69 Å². The van der Waals surface area contributed by atoms with Crippen molar-refractivity contribution in [2.45, 2.75) is 19.9 Å². The van der Waals surface area contributed by atoms with Crippen LogP contribution in [0.25, 0.3) is 10.8 Å². The molecule has 1 heterocycles. The minimum Gasteiger partial charge on any atom is -0.379 e. The van der Waals surface area contributed by atoms with Crippen LogP contribution in [0.15, 0.2) is 46.9 Å². The first-order chi connectivity index (χ1) is 10.2. The fourth-order valence-electron chi connectivity index (χ4n) is 2.43. The molecule has 1 N–H and O–H groups in total. The summed E-state index contributed by atoms with van der Waals surface area (Å²) in [5.41, 5.74) is 3.46. The monoisotopic (exact) mass is 343 g/mol. The van der Waals surface area contributed by atoms with Gasteiger partial charge in [-0.25, -0.2) is 0 Å². The quantitative estimate of drug-likeness (QED) is 0.755. The molecule has 3 aromatic rings. The van der Waals surface area contributed by atoms with Crippen molar-refractivity contribution in [2.24, 2.45) is 7.05 Å². The average molecular weight is 344 g/mol.